The Morgan fingerprint density at radius 2 is 1.92 bits per heavy atom. The van der Waals surface area contributed by atoms with Crippen LogP contribution in [0.3, 0.4) is 0 Å². The molecule has 0 atom stereocenters. The van der Waals surface area contributed by atoms with E-state index in [0.717, 1.165) is 9.83 Å². The Labute approximate surface area is 90.9 Å². The molecule has 0 bridgehead atoms. The molecule has 1 aromatic rings. The Kier molecular flexibility index (Phi) is 2.99. The van der Waals surface area contributed by atoms with E-state index in [4.69, 9.17) is 0 Å². The SMILES string of the molecule is CC1CCC(c2nnc(Br)s2)CC1. The van der Waals surface area contributed by atoms with Gasteiger partial charge in [0, 0.05) is 5.92 Å². The summed E-state index contributed by atoms with van der Waals surface area (Å²) >= 11 is 5.05. The van der Waals surface area contributed by atoms with Crippen molar-refractivity contribution in [2.24, 2.45) is 5.92 Å². The molecular weight excluding hydrogens is 248 g/mol. The zero-order valence-electron chi connectivity index (χ0n) is 7.66. The lowest BCUT2D eigenvalue weighted by Gasteiger charge is -2.23. The number of hydrogen-bond acceptors (Lipinski definition) is 3. The third kappa shape index (κ3) is 2.29. The number of rotatable bonds is 1. The molecule has 2 nitrogen and oxygen atoms in total. The van der Waals surface area contributed by atoms with Gasteiger partial charge in [-0.25, -0.2) is 0 Å². The second kappa shape index (κ2) is 4.05. The summed E-state index contributed by atoms with van der Waals surface area (Å²) in [6.45, 7) is 2.34. The maximum absolute atomic E-state index is 4.19. The van der Waals surface area contributed by atoms with Crippen molar-refractivity contribution in [2.45, 2.75) is 38.5 Å². The number of aromatic nitrogens is 2. The van der Waals surface area contributed by atoms with Crippen LogP contribution in [0.25, 0.3) is 0 Å². The summed E-state index contributed by atoms with van der Waals surface area (Å²) in [6.07, 6.45) is 5.29. The van der Waals surface area contributed by atoms with Crippen molar-refractivity contribution in [1.82, 2.24) is 10.2 Å². The van der Waals surface area contributed by atoms with E-state index in [1.807, 2.05) is 0 Å². The fourth-order valence-corrected chi connectivity index (χ4v) is 3.20. The summed E-state index contributed by atoms with van der Waals surface area (Å²) < 4.78 is 0.918. The van der Waals surface area contributed by atoms with Gasteiger partial charge in [0.2, 0.25) is 0 Å². The Morgan fingerprint density at radius 3 is 2.46 bits per heavy atom. The quantitative estimate of drug-likeness (QED) is 0.772. The third-order valence-electron chi connectivity index (χ3n) is 2.78. The van der Waals surface area contributed by atoms with E-state index in [0.29, 0.717) is 5.92 Å². The molecule has 0 radical (unpaired) electrons. The first-order valence-electron chi connectivity index (χ1n) is 4.74. The average molecular weight is 261 g/mol. The summed E-state index contributed by atoms with van der Waals surface area (Å²) in [5.74, 6) is 1.59. The minimum atomic E-state index is 0.681. The van der Waals surface area contributed by atoms with Crippen LogP contribution in [0, 0.1) is 5.92 Å². The predicted molar refractivity (Wildman–Crippen MR) is 58.0 cm³/mol. The minimum Gasteiger partial charge on any atom is -0.142 e. The molecular formula is C9H13BrN2S. The Balaban J connectivity index is 2.02. The molecule has 1 aliphatic rings. The van der Waals surface area contributed by atoms with E-state index < -0.39 is 0 Å². The van der Waals surface area contributed by atoms with Gasteiger partial charge in [-0.15, -0.1) is 10.2 Å². The molecule has 0 amide bonds. The van der Waals surface area contributed by atoms with Crippen LogP contribution in [0.1, 0.15) is 43.5 Å². The van der Waals surface area contributed by atoms with Gasteiger partial charge in [0.15, 0.2) is 3.92 Å². The highest BCUT2D eigenvalue weighted by Crippen LogP contribution is 2.37. The molecule has 1 fully saturated rings. The van der Waals surface area contributed by atoms with Gasteiger partial charge in [-0.05, 0) is 34.7 Å². The lowest BCUT2D eigenvalue weighted by Crippen LogP contribution is -2.10. The Hall–Kier alpha value is 0.0400. The van der Waals surface area contributed by atoms with Crippen molar-refractivity contribution in [3.63, 3.8) is 0 Å². The summed E-state index contributed by atoms with van der Waals surface area (Å²) in [6, 6.07) is 0. The second-order valence-electron chi connectivity index (χ2n) is 3.85. The van der Waals surface area contributed by atoms with Crippen molar-refractivity contribution in [3.05, 3.63) is 8.92 Å². The molecule has 0 saturated heterocycles. The number of halogens is 1. The first-order valence-corrected chi connectivity index (χ1v) is 6.35. The zero-order chi connectivity index (χ0) is 9.26. The van der Waals surface area contributed by atoms with E-state index >= 15 is 0 Å². The predicted octanol–water partition coefficient (Wildman–Crippen LogP) is 3.59. The smallest absolute Gasteiger partial charge is 0.142 e. The van der Waals surface area contributed by atoms with Gasteiger partial charge >= 0.3 is 0 Å². The maximum Gasteiger partial charge on any atom is 0.183 e. The first-order chi connectivity index (χ1) is 6.25. The molecule has 0 unspecified atom stereocenters. The molecule has 0 aromatic carbocycles. The van der Waals surface area contributed by atoms with Crippen LogP contribution >= 0.6 is 27.3 Å². The van der Waals surface area contributed by atoms with Crippen molar-refractivity contribution >= 4 is 27.3 Å². The van der Waals surface area contributed by atoms with E-state index in [-0.39, 0.29) is 0 Å². The van der Waals surface area contributed by atoms with Crippen molar-refractivity contribution < 1.29 is 0 Å². The van der Waals surface area contributed by atoms with Crippen molar-refractivity contribution in [2.75, 3.05) is 0 Å². The highest BCUT2D eigenvalue weighted by Gasteiger charge is 2.22. The second-order valence-corrected chi connectivity index (χ2v) is 6.14. The molecule has 1 aliphatic carbocycles. The van der Waals surface area contributed by atoms with Gasteiger partial charge in [0.25, 0.3) is 0 Å². The monoisotopic (exact) mass is 260 g/mol. The number of nitrogens with zero attached hydrogens (tertiary/aromatic N) is 2. The average Bonchev–Trinajstić information content (AvgIpc) is 2.53. The van der Waals surface area contributed by atoms with Crippen molar-refractivity contribution in [1.29, 1.82) is 0 Å². The standard InChI is InChI=1S/C9H13BrN2S/c1-6-2-4-7(5-3-6)8-11-12-9(10)13-8/h6-7H,2-5H2,1H3. The fraction of sp³-hybridized carbons (Fsp3) is 0.778. The van der Waals surface area contributed by atoms with Crippen LogP contribution in [-0.4, -0.2) is 10.2 Å². The highest BCUT2D eigenvalue weighted by atomic mass is 79.9. The van der Waals surface area contributed by atoms with Crippen LogP contribution in [0.15, 0.2) is 3.92 Å². The van der Waals surface area contributed by atoms with Gasteiger partial charge in [0.05, 0.1) is 0 Å². The van der Waals surface area contributed by atoms with Crippen LogP contribution in [0.2, 0.25) is 0 Å². The van der Waals surface area contributed by atoms with Gasteiger partial charge in [-0.3, -0.25) is 0 Å². The molecule has 1 aromatic heterocycles. The summed E-state index contributed by atoms with van der Waals surface area (Å²) in [5.41, 5.74) is 0. The van der Waals surface area contributed by atoms with Crippen LogP contribution in [0.5, 0.6) is 0 Å². The molecule has 0 aliphatic heterocycles. The molecule has 72 valence electrons. The molecule has 13 heavy (non-hydrogen) atoms. The Bertz CT molecular complexity index is 279. The lowest BCUT2D eigenvalue weighted by molar-refractivity contribution is 0.346. The lowest BCUT2D eigenvalue weighted by atomic mass is 9.83. The largest absolute Gasteiger partial charge is 0.183 e. The molecule has 4 heteroatoms. The minimum absolute atomic E-state index is 0.681. The van der Waals surface area contributed by atoms with E-state index in [1.54, 1.807) is 11.3 Å². The number of hydrogen-bond donors (Lipinski definition) is 0. The van der Waals surface area contributed by atoms with E-state index in [9.17, 15) is 0 Å². The van der Waals surface area contributed by atoms with Crippen LogP contribution < -0.4 is 0 Å². The van der Waals surface area contributed by atoms with Gasteiger partial charge in [0.1, 0.15) is 5.01 Å². The zero-order valence-corrected chi connectivity index (χ0v) is 10.1. The third-order valence-corrected chi connectivity index (χ3v) is 4.30. The maximum atomic E-state index is 4.19. The molecule has 1 saturated carbocycles. The van der Waals surface area contributed by atoms with Gasteiger partial charge < -0.3 is 0 Å². The summed E-state index contributed by atoms with van der Waals surface area (Å²) in [7, 11) is 0. The van der Waals surface area contributed by atoms with Crippen LogP contribution in [-0.2, 0) is 0 Å². The highest BCUT2D eigenvalue weighted by molar-refractivity contribution is 9.11. The Morgan fingerprint density at radius 1 is 1.23 bits per heavy atom. The fourth-order valence-electron chi connectivity index (χ4n) is 1.89. The van der Waals surface area contributed by atoms with E-state index in [2.05, 4.69) is 33.1 Å². The van der Waals surface area contributed by atoms with Gasteiger partial charge in [-0.1, -0.05) is 31.1 Å². The molecule has 0 N–H and O–H groups in total. The molecule has 1 heterocycles. The molecule has 2 rings (SSSR count). The summed E-state index contributed by atoms with van der Waals surface area (Å²) in [5, 5.41) is 9.40. The van der Waals surface area contributed by atoms with Gasteiger partial charge in [-0.2, -0.15) is 0 Å². The molecule has 0 spiro atoms. The van der Waals surface area contributed by atoms with Crippen molar-refractivity contribution in [3.8, 4) is 0 Å². The normalized spacial score (nSPS) is 29.1. The topological polar surface area (TPSA) is 25.8 Å². The first kappa shape index (κ1) is 9.59. The van der Waals surface area contributed by atoms with E-state index in [1.165, 1.54) is 30.7 Å². The summed E-state index contributed by atoms with van der Waals surface area (Å²) in [4.78, 5) is 0. The van der Waals surface area contributed by atoms with Crippen LogP contribution in [0.4, 0.5) is 0 Å².